The Balaban J connectivity index is 0.00000392. The number of guanidine groups is 1. The fourth-order valence-corrected chi connectivity index (χ4v) is 4.36. The molecule has 0 atom stereocenters. The molecular weight excluding hydrogens is 514 g/mol. The quantitative estimate of drug-likeness (QED) is 0.240. The Labute approximate surface area is 189 Å². The van der Waals surface area contributed by atoms with E-state index in [2.05, 4.69) is 20.3 Å². The first-order valence-corrected chi connectivity index (χ1v) is 12.2. The lowest BCUT2D eigenvalue weighted by atomic mass is 9.86. The van der Waals surface area contributed by atoms with Crippen molar-refractivity contribution in [2.45, 2.75) is 31.6 Å². The molecule has 0 unspecified atom stereocenters. The van der Waals surface area contributed by atoms with E-state index in [-0.39, 0.29) is 42.1 Å². The van der Waals surface area contributed by atoms with Gasteiger partial charge in [-0.25, -0.2) is 17.5 Å². The van der Waals surface area contributed by atoms with Crippen molar-refractivity contribution in [1.82, 2.24) is 15.4 Å². The summed E-state index contributed by atoms with van der Waals surface area (Å²) in [5, 5.41) is 6.17. The Hall–Kier alpha value is -0.590. The predicted molar refractivity (Wildman–Crippen MR) is 126 cm³/mol. The van der Waals surface area contributed by atoms with Gasteiger partial charge in [-0.2, -0.15) is 11.8 Å². The summed E-state index contributed by atoms with van der Waals surface area (Å²) < 4.78 is 40.1. The molecule has 1 aromatic rings. The largest absolute Gasteiger partial charge is 0.355 e. The summed E-state index contributed by atoms with van der Waals surface area (Å²) in [6.07, 6.45) is 5.39. The van der Waals surface area contributed by atoms with Crippen LogP contribution < -0.4 is 15.4 Å². The van der Waals surface area contributed by atoms with Crippen LogP contribution in [0.3, 0.4) is 0 Å². The summed E-state index contributed by atoms with van der Waals surface area (Å²) in [4.78, 5) is 4.11. The predicted octanol–water partition coefficient (Wildman–Crippen LogP) is 2.69. The van der Waals surface area contributed by atoms with E-state index in [4.69, 9.17) is 0 Å². The van der Waals surface area contributed by atoms with Crippen LogP contribution in [-0.4, -0.2) is 46.5 Å². The van der Waals surface area contributed by atoms with Crippen LogP contribution in [0.4, 0.5) is 4.39 Å². The Morgan fingerprint density at radius 2 is 2.04 bits per heavy atom. The number of hydrogen-bond acceptors (Lipinski definition) is 4. The molecule has 1 aliphatic rings. The Kier molecular flexibility index (Phi) is 11.7. The van der Waals surface area contributed by atoms with E-state index < -0.39 is 10.0 Å². The summed E-state index contributed by atoms with van der Waals surface area (Å²) in [7, 11) is -1.65. The molecule has 6 nitrogen and oxygen atoms in total. The average molecular weight is 545 g/mol. The lowest BCUT2D eigenvalue weighted by Gasteiger charge is -2.25. The molecule has 1 aliphatic carbocycles. The monoisotopic (exact) mass is 544 g/mol. The minimum absolute atomic E-state index is 0. The molecule has 28 heavy (non-hydrogen) atoms. The van der Waals surface area contributed by atoms with Crippen molar-refractivity contribution in [2.75, 3.05) is 32.1 Å². The maximum atomic E-state index is 13.4. The van der Waals surface area contributed by atoms with E-state index in [0.717, 1.165) is 29.7 Å². The summed E-state index contributed by atoms with van der Waals surface area (Å²) in [6.45, 7) is 1.29. The zero-order chi connectivity index (χ0) is 19.7. The highest BCUT2D eigenvalue weighted by Crippen LogP contribution is 2.25. The van der Waals surface area contributed by atoms with Gasteiger partial charge in [0.2, 0.25) is 10.0 Å². The fourth-order valence-electron chi connectivity index (χ4n) is 2.77. The van der Waals surface area contributed by atoms with Crippen molar-refractivity contribution < 1.29 is 12.8 Å². The highest BCUT2D eigenvalue weighted by Gasteiger charge is 2.20. The minimum Gasteiger partial charge on any atom is -0.355 e. The van der Waals surface area contributed by atoms with Gasteiger partial charge in [0.25, 0.3) is 0 Å². The molecule has 1 aromatic carbocycles. The van der Waals surface area contributed by atoms with E-state index in [0.29, 0.717) is 25.0 Å². The van der Waals surface area contributed by atoms with Gasteiger partial charge in [-0.05, 0) is 48.3 Å². The van der Waals surface area contributed by atoms with Crippen molar-refractivity contribution in [1.29, 1.82) is 0 Å². The Morgan fingerprint density at radius 3 is 2.64 bits per heavy atom. The average Bonchev–Trinajstić information content (AvgIpc) is 2.58. The van der Waals surface area contributed by atoms with Crippen LogP contribution in [0, 0.1) is 11.7 Å². The Bertz CT molecular complexity index is 743. The second-order valence-corrected chi connectivity index (χ2v) is 9.46. The van der Waals surface area contributed by atoms with Gasteiger partial charge in [-0.3, -0.25) is 4.99 Å². The summed E-state index contributed by atoms with van der Waals surface area (Å²) >= 11 is 1.63. The molecule has 0 saturated heterocycles. The van der Waals surface area contributed by atoms with Crippen molar-refractivity contribution >= 4 is 51.7 Å². The molecule has 0 spiro atoms. The van der Waals surface area contributed by atoms with Gasteiger partial charge in [0.05, 0.1) is 5.75 Å². The van der Waals surface area contributed by atoms with Crippen LogP contribution in [0.1, 0.15) is 30.4 Å². The van der Waals surface area contributed by atoms with Crippen LogP contribution in [-0.2, 0) is 22.3 Å². The third kappa shape index (κ3) is 8.83. The van der Waals surface area contributed by atoms with Gasteiger partial charge in [-0.1, -0.05) is 12.5 Å². The van der Waals surface area contributed by atoms with Gasteiger partial charge in [-0.15, -0.1) is 24.0 Å². The van der Waals surface area contributed by atoms with Gasteiger partial charge < -0.3 is 10.6 Å². The number of thioether (sulfide) groups is 1. The Morgan fingerprint density at radius 1 is 1.29 bits per heavy atom. The molecule has 0 bridgehead atoms. The van der Waals surface area contributed by atoms with Crippen molar-refractivity contribution in [3.8, 4) is 0 Å². The fraction of sp³-hybridized carbons (Fsp3) is 0.611. The number of nitrogens with zero attached hydrogens (tertiary/aromatic N) is 1. The maximum absolute atomic E-state index is 13.4. The first-order valence-electron chi connectivity index (χ1n) is 9.11. The summed E-state index contributed by atoms with van der Waals surface area (Å²) in [6, 6.07) is 4.75. The minimum atomic E-state index is -3.28. The smallest absolute Gasteiger partial charge is 0.213 e. The normalized spacial score (nSPS) is 14.9. The first-order chi connectivity index (χ1) is 12.9. The highest BCUT2D eigenvalue weighted by atomic mass is 127. The lowest BCUT2D eigenvalue weighted by Crippen LogP contribution is -2.41. The van der Waals surface area contributed by atoms with Gasteiger partial charge in [0.15, 0.2) is 5.96 Å². The highest BCUT2D eigenvalue weighted by molar-refractivity contribution is 14.0. The molecule has 0 aromatic heterocycles. The zero-order valence-electron chi connectivity index (χ0n) is 16.3. The van der Waals surface area contributed by atoms with Crippen LogP contribution in [0.5, 0.6) is 0 Å². The summed E-state index contributed by atoms with van der Waals surface area (Å²) in [5.41, 5.74) is 1.93. The molecule has 10 heteroatoms. The SMILES string of the molecule is CN=C(NCCS(=O)(=O)NCC1CCC1)NCc1ccc(F)cc1CSC.I. The van der Waals surface area contributed by atoms with E-state index >= 15 is 0 Å². The topological polar surface area (TPSA) is 82.6 Å². The molecule has 1 saturated carbocycles. The van der Waals surface area contributed by atoms with E-state index in [1.54, 1.807) is 30.9 Å². The maximum Gasteiger partial charge on any atom is 0.213 e. The van der Waals surface area contributed by atoms with Crippen molar-refractivity contribution in [3.05, 3.63) is 35.1 Å². The van der Waals surface area contributed by atoms with Crippen LogP contribution in [0.2, 0.25) is 0 Å². The zero-order valence-corrected chi connectivity index (χ0v) is 20.3. The second-order valence-electron chi connectivity index (χ2n) is 6.66. The van der Waals surface area contributed by atoms with Crippen LogP contribution >= 0.6 is 35.7 Å². The summed E-state index contributed by atoms with van der Waals surface area (Å²) in [5.74, 6) is 1.49. The molecule has 0 amide bonds. The van der Waals surface area contributed by atoms with E-state index in [1.165, 1.54) is 12.5 Å². The molecule has 2 rings (SSSR count). The standard InChI is InChI=1S/C18H29FN4O2S2.HI/c1-20-18(21-8-9-27(24,25)23-11-14-4-3-5-14)22-12-15-6-7-17(19)10-16(15)13-26-2;/h6-7,10,14,23H,3-5,8-9,11-13H2,1-2H3,(H2,20,21,22);1H. The van der Waals surface area contributed by atoms with Gasteiger partial charge in [0.1, 0.15) is 5.82 Å². The second kappa shape index (κ2) is 12.9. The van der Waals surface area contributed by atoms with Gasteiger partial charge in [0, 0.05) is 32.4 Å². The number of aliphatic imine (C=N–C) groups is 1. The third-order valence-electron chi connectivity index (χ3n) is 4.62. The van der Waals surface area contributed by atoms with E-state index in [1.807, 2.05) is 6.26 Å². The van der Waals surface area contributed by atoms with E-state index in [9.17, 15) is 12.8 Å². The number of hydrogen-bond donors (Lipinski definition) is 3. The number of halogens is 2. The number of rotatable bonds is 10. The molecule has 0 radical (unpaired) electrons. The molecule has 1 fully saturated rings. The first kappa shape index (κ1) is 25.4. The van der Waals surface area contributed by atoms with Crippen LogP contribution in [0.15, 0.2) is 23.2 Å². The molecule has 0 aliphatic heterocycles. The molecule has 0 heterocycles. The molecule has 3 N–H and O–H groups in total. The third-order valence-corrected chi connectivity index (χ3v) is 6.57. The molecule has 160 valence electrons. The molecular formula is C18H30FIN4O2S2. The van der Waals surface area contributed by atoms with Crippen LogP contribution in [0.25, 0.3) is 0 Å². The lowest BCUT2D eigenvalue weighted by molar-refractivity contribution is 0.316. The van der Waals surface area contributed by atoms with Gasteiger partial charge >= 0.3 is 0 Å². The number of nitrogens with one attached hydrogen (secondary N) is 3. The number of sulfonamides is 1. The number of benzene rings is 1. The van der Waals surface area contributed by atoms with Crippen molar-refractivity contribution in [3.63, 3.8) is 0 Å². The van der Waals surface area contributed by atoms with Crippen molar-refractivity contribution in [2.24, 2.45) is 10.9 Å².